The van der Waals surface area contributed by atoms with E-state index < -0.39 is 5.97 Å². The fraction of sp³-hybridized carbons (Fsp3) is 0.545. The van der Waals surface area contributed by atoms with Crippen LogP contribution >= 0.6 is 11.3 Å². The number of carbonyl (C=O) groups is 1. The van der Waals surface area contributed by atoms with Gasteiger partial charge >= 0.3 is 5.97 Å². The molecule has 5 heteroatoms. The molecule has 0 radical (unpaired) electrons. The highest BCUT2D eigenvalue weighted by molar-refractivity contribution is 7.12. The molecule has 0 aromatic carbocycles. The summed E-state index contributed by atoms with van der Waals surface area (Å²) in [5, 5.41) is 23.1. The molecule has 0 saturated heterocycles. The first kappa shape index (κ1) is 13.2. The van der Waals surface area contributed by atoms with Crippen molar-refractivity contribution in [3.8, 4) is 0 Å². The second-order valence-corrected chi connectivity index (χ2v) is 4.52. The second-order valence-electron chi connectivity index (χ2n) is 3.61. The topological polar surface area (TPSA) is 69.6 Å². The van der Waals surface area contributed by atoms with Gasteiger partial charge in [-0.25, -0.2) is 4.79 Å². The van der Waals surface area contributed by atoms with Gasteiger partial charge in [0.1, 0.15) is 4.88 Å². The molecule has 0 amide bonds. The van der Waals surface area contributed by atoms with E-state index >= 15 is 0 Å². The second kappa shape index (κ2) is 6.62. The molecule has 0 fully saturated rings. The van der Waals surface area contributed by atoms with E-state index in [1.807, 2.05) is 13.0 Å². The third-order valence-corrected chi connectivity index (χ3v) is 3.33. The maximum Gasteiger partial charge on any atom is 0.346 e. The minimum absolute atomic E-state index is 0.270. The van der Waals surface area contributed by atoms with Crippen LogP contribution in [0.4, 0.5) is 0 Å². The highest BCUT2D eigenvalue weighted by atomic mass is 32.1. The van der Waals surface area contributed by atoms with Crippen LogP contribution in [-0.4, -0.2) is 28.8 Å². The maximum absolute atomic E-state index is 10.8. The Balaban J connectivity index is 2.32. The predicted molar refractivity (Wildman–Crippen MR) is 63.9 cm³/mol. The average molecular weight is 243 g/mol. The summed E-state index contributed by atoms with van der Waals surface area (Å²) < 4.78 is 0. The van der Waals surface area contributed by atoms with Gasteiger partial charge in [-0.2, -0.15) is 0 Å². The summed E-state index contributed by atoms with van der Waals surface area (Å²) in [7, 11) is 0. The fourth-order valence-corrected chi connectivity index (χ4v) is 2.12. The molecule has 0 aliphatic carbocycles. The van der Waals surface area contributed by atoms with Gasteiger partial charge in [-0.1, -0.05) is 6.92 Å². The van der Waals surface area contributed by atoms with Crippen molar-refractivity contribution >= 4 is 17.3 Å². The molecule has 4 nitrogen and oxygen atoms in total. The third kappa shape index (κ3) is 3.92. The normalized spacial score (nSPS) is 12.6. The zero-order valence-corrected chi connectivity index (χ0v) is 10.1. The molecular weight excluding hydrogens is 226 g/mol. The number of hydrogen-bond acceptors (Lipinski definition) is 4. The lowest BCUT2D eigenvalue weighted by Gasteiger charge is -2.08. The molecule has 0 saturated carbocycles. The van der Waals surface area contributed by atoms with Crippen molar-refractivity contribution < 1.29 is 15.0 Å². The van der Waals surface area contributed by atoms with Gasteiger partial charge in [-0.15, -0.1) is 11.3 Å². The van der Waals surface area contributed by atoms with Gasteiger partial charge in [0.15, 0.2) is 0 Å². The van der Waals surface area contributed by atoms with Crippen LogP contribution in [0, 0.1) is 0 Å². The van der Waals surface area contributed by atoms with E-state index in [0.29, 0.717) is 24.4 Å². The van der Waals surface area contributed by atoms with Gasteiger partial charge in [0.2, 0.25) is 0 Å². The van der Waals surface area contributed by atoms with Crippen molar-refractivity contribution in [2.24, 2.45) is 0 Å². The largest absolute Gasteiger partial charge is 0.477 e. The fourth-order valence-electron chi connectivity index (χ4n) is 1.36. The van der Waals surface area contributed by atoms with Crippen LogP contribution in [0.3, 0.4) is 0 Å². The van der Waals surface area contributed by atoms with Crippen molar-refractivity contribution in [2.75, 3.05) is 6.54 Å². The smallest absolute Gasteiger partial charge is 0.346 e. The van der Waals surface area contributed by atoms with Crippen molar-refractivity contribution in [2.45, 2.75) is 32.4 Å². The Kier molecular flexibility index (Phi) is 5.45. The van der Waals surface area contributed by atoms with Gasteiger partial charge < -0.3 is 15.5 Å². The molecule has 1 rings (SSSR count). The van der Waals surface area contributed by atoms with Crippen molar-refractivity contribution in [1.29, 1.82) is 0 Å². The van der Waals surface area contributed by atoms with Crippen molar-refractivity contribution in [3.05, 3.63) is 21.9 Å². The quantitative estimate of drug-likeness (QED) is 0.637. The Bertz CT molecular complexity index is 338. The number of aromatic carboxylic acids is 1. The third-order valence-electron chi connectivity index (χ3n) is 2.38. The standard InChI is InChI=1S/C11H17NO3S/c1-2-9(13)3-5-12-7-8-4-6-16-10(8)11(14)15/h4,6,9,12-13H,2-3,5,7H2,1H3,(H,14,15). The monoisotopic (exact) mass is 243 g/mol. The Morgan fingerprint density at radius 3 is 3.00 bits per heavy atom. The van der Waals surface area contributed by atoms with Gasteiger partial charge in [0.05, 0.1) is 6.10 Å². The zero-order chi connectivity index (χ0) is 12.0. The van der Waals surface area contributed by atoms with Crippen LogP contribution in [0.5, 0.6) is 0 Å². The van der Waals surface area contributed by atoms with Gasteiger partial charge in [-0.05, 0) is 36.4 Å². The first-order valence-corrected chi connectivity index (χ1v) is 6.21. The molecule has 0 aliphatic rings. The van der Waals surface area contributed by atoms with Crippen LogP contribution in [0.2, 0.25) is 0 Å². The number of carboxylic acid groups (broad SMARTS) is 1. The molecule has 90 valence electrons. The highest BCUT2D eigenvalue weighted by Gasteiger charge is 2.10. The molecular formula is C11H17NO3S. The number of aliphatic hydroxyl groups excluding tert-OH is 1. The van der Waals surface area contributed by atoms with E-state index in [9.17, 15) is 9.90 Å². The molecule has 0 spiro atoms. The first-order chi connectivity index (χ1) is 7.65. The molecule has 0 aliphatic heterocycles. The first-order valence-electron chi connectivity index (χ1n) is 5.33. The van der Waals surface area contributed by atoms with Crippen molar-refractivity contribution in [1.82, 2.24) is 5.32 Å². The number of nitrogens with one attached hydrogen (secondary N) is 1. The van der Waals surface area contributed by atoms with E-state index in [1.54, 1.807) is 5.38 Å². The number of thiophene rings is 1. The minimum Gasteiger partial charge on any atom is -0.477 e. The number of carboxylic acids is 1. The van der Waals surface area contributed by atoms with E-state index in [0.717, 1.165) is 12.0 Å². The summed E-state index contributed by atoms with van der Waals surface area (Å²) in [6.45, 7) is 3.18. The molecule has 1 aromatic heterocycles. The lowest BCUT2D eigenvalue weighted by Crippen LogP contribution is -2.20. The van der Waals surface area contributed by atoms with Crippen LogP contribution in [0.15, 0.2) is 11.4 Å². The Hall–Kier alpha value is -0.910. The summed E-state index contributed by atoms with van der Waals surface area (Å²) in [4.78, 5) is 11.2. The lowest BCUT2D eigenvalue weighted by molar-refractivity contribution is 0.0701. The molecule has 0 bridgehead atoms. The van der Waals surface area contributed by atoms with E-state index in [4.69, 9.17) is 5.11 Å². The zero-order valence-electron chi connectivity index (χ0n) is 9.27. The highest BCUT2D eigenvalue weighted by Crippen LogP contribution is 2.16. The lowest BCUT2D eigenvalue weighted by atomic mass is 10.2. The summed E-state index contributed by atoms with van der Waals surface area (Å²) >= 11 is 1.24. The van der Waals surface area contributed by atoms with Crippen molar-refractivity contribution in [3.63, 3.8) is 0 Å². The van der Waals surface area contributed by atoms with Gasteiger partial charge in [0.25, 0.3) is 0 Å². The van der Waals surface area contributed by atoms with Crippen LogP contribution < -0.4 is 5.32 Å². The van der Waals surface area contributed by atoms with E-state index in [2.05, 4.69) is 5.32 Å². The van der Waals surface area contributed by atoms with Gasteiger partial charge in [0, 0.05) is 6.54 Å². The summed E-state index contributed by atoms with van der Waals surface area (Å²) in [5.41, 5.74) is 0.809. The molecule has 1 atom stereocenters. The summed E-state index contributed by atoms with van der Waals surface area (Å²) in [6, 6.07) is 1.82. The van der Waals surface area contributed by atoms with E-state index in [1.165, 1.54) is 11.3 Å². The number of rotatable bonds is 7. The predicted octanol–water partition coefficient (Wildman–Crippen LogP) is 1.70. The summed E-state index contributed by atoms with van der Waals surface area (Å²) in [5.74, 6) is -0.875. The van der Waals surface area contributed by atoms with Crippen LogP contribution in [0.25, 0.3) is 0 Å². The van der Waals surface area contributed by atoms with E-state index in [-0.39, 0.29) is 6.10 Å². The Labute approximate surface area is 98.9 Å². The molecule has 3 N–H and O–H groups in total. The number of hydrogen-bond donors (Lipinski definition) is 3. The molecule has 1 unspecified atom stereocenters. The van der Waals surface area contributed by atoms with Gasteiger partial charge in [-0.3, -0.25) is 0 Å². The van der Waals surface area contributed by atoms with Crippen LogP contribution in [0.1, 0.15) is 35.0 Å². The molecule has 1 aromatic rings. The minimum atomic E-state index is -0.875. The molecule has 1 heterocycles. The van der Waals surface area contributed by atoms with Crippen LogP contribution in [-0.2, 0) is 6.54 Å². The Morgan fingerprint density at radius 2 is 2.38 bits per heavy atom. The number of aliphatic hydroxyl groups is 1. The molecule has 16 heavy (non-hydrogen) atoms. The average Bonchev–Trinajstić information content (AvgIpc) is 2.72. The Morgan fingerprint density at radius 1 is 1.62 bits per heavy atom. The SMILES string of the molecule is CCC(O)CCNCc1ccsc1C(=O)O. The maximum atomic E-state index is 10.8. The summed E-state index contributed by atoms with van der Waals surface area (Å²) in [6.07, 6.45) is 1.18.